The monoisotopic (exact) mass is 370 g/mol. The number of hydrogen-bond acceptors (Lipinski definition) is 7. The lowest BCUT2D eigenvalue weighted by molar-refractivity contribution is -0.0349. The molecular weight excluding hydrogens is 348 g/mol. The molecule has 1 unspecified atom stereocenters. The molecule has 0 aromatic carbocycles. The quantitative estimate of drug-likeness (QED) is 0.745. The van der Waals surface area contributed by atoms with Crippen molar-refractivity contribution in [2.75, 3.05) is 25.0 Å². The summed E-state index contributed by atoms with van der Waals surface area (Å²) < 4.78 is 7.91. The Kier molecular flexibility index (Phi) is 4.96. The molecule has 136 valence electrons. The fraction of sp³-hybridized carbons (Fsp3) is 0.389. The second-order valence-electron chi connectivity index (χ2n) is 6.38. The number of aryl methyl sites for hydroxylation is 1. The van der Waals surface area contributed by atoms with Gasteiger partial charge in [0.25, 0.3) is 0 Å². The van der Waals surface area contributed by atoms with Crippen molar-refractivity contribution in [3.63, 3.8) is 0 Å². The highest BCUT2D eigenvalue weighted by molar-refractivity contribution is 7.13. The minimum Gasteiger partial charge on any atom is -0.369 e. The lowest BCUT2D eigenvalue weighted by Gasteiger charge is -2.32. The molecule has 1 aliphatic rings. The van der Waals surface area contributed by atoms with Gasteiger partial charge in [-0.25, -0.2) is 9.97 Å². The van der Waals surface area contributed by atoms with Crippen LogP contribution in [0.25, 0.3) is 0 Å². The number of anilines is 2. The Morgan fingerprint density at radius 3 is 3.08 bits per heavy atom. The first-order valence-corrected chi connectivity index (χ1v) is 9.52. The van der Waals surface area contributed by atoms with Crippen LogP contribution in [0.5, 0.6) is 0 Å². The molecular formula is C18H22N6OS. The van der Waals surface area contributed by atoms with Crippen LogP contribution in [0.4, 0.5) is 10.9 Å². The van der Waals surface area contributed by atoms with E-state index in [-0.39, 0.29) is 6.10 Å². The molecule has 8 heteroatoms. The summed E-state index contributed by atoms with van der Waals surface area (Å²) in [6.45, 7) is 5.44. The molecule has 1 fully saturated rings. The zero-order chi connectivity index (χ0) is 17.9. The first-order valence-electron chi connectivity index (χ1n) is 8.64. The Morgan fingerprint density at radius 1 is 1.38 bits per heavy atom. The van der Waals surface area contributed by atoms with Crippen molar-refractivity contribution in [1.82, 2.24) is 24.6 Å². The van der Waals surface area contributed by atoms with Crippen molar-refractivity contribution in [2.45, 2.75) is 19.6 Å². The molecule has 0 bridgehead atoms. The highest BCUT2D eigenvalue weighted by atomic mass is 32.1. The molecule has 0 spiro atoms. The smallest absolute Gasteiger partial charge is 0.188 e. The van der Waals surface area contributed by atoms with Crippen molar-refractivity contribution in [3.8, 4) is 0 Å². The molecule has 26 heavy (non-hydrogen) atoms. The average Bonchev–Trinajstić information content (AvgIpc) is 3.28. The van der Waals surface area contributed by atoms with Crippen LogP contribution in [0, 0.1) is 6.92 Å². The largest absolute Gasteiger partial charge is 0.369 e. The molecule has 0 radical (unpaired) electrons. The van der Waals surface area contributed by atoms with Crippen LogP contribution in [0.15, 0.2) is 36.0 Å². The van der Waals surface area contributed by atoms with Crippen LogP contribution in [0.1, 0.15) is 23.1 Å². The Bertz CT molecular complexity index is 862. The first-order chi connectivity index (χ1) is 12.7. The average molecular weight is 370 g/mol. The maximum atomic E-state index is 5.99. The highest BCUT2D eigenvalue weighted by Gasteiger charge is 2.24. The van der Waals surface area contributed by atoms with Crippen LogP contribution in [0.3, 0.4) is 0 Å². The summed E-state index contributed by atoms with van der Waals surface area (Å²) in [5.74, 6) is 0.793. The second-order valence-corrected chi connectivity index (χ2v) is 7.28. The number of rotatable bonds is 5. The molecule has 3 aromatic rings. The molecule has 1 aliphatic heterocycles. The third-order valence-electron chi connectivity index (χ3n) is 4.65. The Labute approximate surface area is 156 Å². The van der Waals surface area contributed by atoms with Gasteiger partial charge < -0.3 is 10.1 Å². The lowest BCUT2D eigenvalue weighted by atomic mass is 10.1. The van der Waals surface area contributed by atoms with Gasteiger partial charge >= 0.3 is 0 Å². The lowest BCUT2D eigenvalue weighted by Crippen LogP contribution is -2.38. The third-order valence-corrected chi connectivity index (χ3v) is 5.34. The SMILES string of the molecule is Cc1c(CN2CCOC(c3cccc(Nc4nccs4)n3)C2)cnn1C. The molecule has 0 saturated carbocycles. The molecule has 3 aromatic heterocycles. The maximum Gasteiger partial charge on any atom is 0.188 e. The summed E-state index contributed by atoms with van der Waals surface area (Å²) in [5, 5.41) is 10.4. The zero-order valence-corrected chi connectivity index (χ0v) is 15.7. The van der Waals surface area contributed by atoms with Gasteiger partial charge in [-0.05, 0) is 19.1 Å². The fourth-order valence-electron chi connectivity index (χ4n) is 3.06. The number of nitrogens with one attached hydrogen (secondary N) is 1. The molecule has 7 nitrogen and oxygen atoms in total. The zero-order valence-electron chi connectivity index (χ0n) is 14.9. The van der Waals surface area contributed by atoms with Gasteiger partial charge in [0.05, 0.1) is 18.5 Å². The maximum absolute atomic E-state index is 5.99. The minimum absolute atomic E-state index is 0.0289. The number of hydrogen-bond donors (Lipinski definition) is 1. The first kappa shape index (κ1) is 17.1. The van der Waals surface area contributed by atoms with Crippen molar-refractivity contribution in [2.24, 2.45) is 7.05 Å². The molecule has 1 saturated heterocycles. The van der Waals surface area contributed by atoms with E-state index in [2.05, 4.69) is 27.2 Å². The van der Waals surface area contributed by atoms with Gasteiger partial charge in [0, 0.05) is 49.5 Å². The Balaban J connectivity index is 1.45. The van der Waals surface area contributed by atoms with Gasteiger partial charge in [0.2, 0.25) is 0 Å². The summed E-state index contributed by atoms with van der Waals surface area (Å²) in [6.07, 6.45) is 3.70. The van der Waals surface area contributed by atoms with Crippen LogP contribution in [-0.4, -0.2) is 44.3 Å². The standard InChI is InChI=1S/C18H22N6OS/c1-13-14(10-20-23(13)2)11-24-7-8-25-16(12-24)15-4-3-5-17(21-15)22-18-19-6-9-26-18/h3-6,9-10,16H,7-8,11-12H2,1-2H3,(H,19,21,22). The number of aromatic nitrogens is 4. The summed E-state index contributed by atoms with van der Waals surface area (Å²) in [4.78, 5) is 11.4. The predicted octanol–water partition coefficient (Wildman–Crippen LogP) is 2.90. The summed E-state index contributed by atoms with van der Waals surface area (Å²) >= 11 is 1.55. The molecule has 4 rings (SSSR count). The van der Waals surface area contributed by atoms with E-state index in [9.17, 15) is 0 Å². The number of morpholine rings is 1. The van der Waals surface area contributed by atoms with E-state index in [1.165, 1.54) is 11.3 Å². The summed E-state index contributed by atoms with van der Waals surface area (Å²) in [6, 6.07) is 5.98. The van der Waals surface area contributed by atoms with E-state index in [1.54, 1.807) is 17.5 Å². The van der Waals surface area contributed by atoms with Gasteiger partial charge in [0.1, 0.15) is 11.9 Å². The van der Waals surface area contributed by atoms with Crippen molar-refractivity contribution in [3.05, 3.63) is 52.9 Å². The van der Waals surface area contributed by atoms with Crippen LogP contribution in [0.2, 0.25) is 0 Å². The van der Waals surface area contributed by atoms with Crippen LogP contribution in [-0.2, 0) is 18.3 Å². The van der Waals surface area contributed by atoms with Gasteiger partial charge in [-0.15, -0.1) is 11.3 Å². The number of ether oxygens (including phenoxy) is 1. The van der Waals surface area contributed by atoms with Gasteiger partial charge in [-0.3, -0.25) is 9.58 Å². The van der Waals surface area contributed by atoms with E-state index >= 15 is 0 Å². The van der Waals surface area contributed by atoms with Crippen molar-refractivity contribution < 1.29 is 4.74 Å². The summed E-state index contributed by atoms with van der Waals surface area (Å²) in [5.41, 5.74) is 3.42. The summed E-state index contributed by atoms with van der Waals surface area (Å²) in [7, 11) is 1.98. The van der Waals surface area contributed by atoms with Gasteiger partial charge in [0.15, 0.2) is 5.13 Å². The van der Waals surface area contributed by atoms with Gasteiger partial charge in [-0.2, -0.15) is 5.10 Å². The van der Waals surface area contributed by atoms with E-state index in [1.807, 2.05) is 41.5 Å². The molecule has 4 heterocycles. The fourth-order valence-corrected chi connectivity index (χ4v) is 3.60. The van der Waals surface area contributed by atoms with E-state index in [0.717, 1.165) is 36.3 Å². The number of pyridine rings is 1. The number of nitrogens with zero attached hydrogens (tertiary/aromatic N) is 5. The molecule has 1 N–H and O–H groups in total. The van der Waals surface area contributed by atoms with Crippen LogP contribution >= 0.6 is 11.3 Å². The van der Waals surface area contributed by atoms with Crippen molar-refractivity contribution >= 4 is 22.3 Å². The number of thiazole rings is 1. The molecule has 0 aliphatic carbocycles. The minimum atomic E-state index is -0.0289. The van der Waals surface area contributed by atoms with Gasteiger partial charge in [-0.1, -0.05) is 6.07 Å². The van der Waals surface area contributed by atoms with Crippen molar-refractivity contribution in [1.29, 1.82) is 0 Å². The van der Waals surface area contributed by atoms with E-state index in [4.69, 9.17) is 9.72 Å². The van der Waals surface area contributed by atoms with E-state index in [0.29, 0.717) is 6.61 Å². The molecule has 1 atom stereocenters. The topological polar surface area (TPSA) is 68.1 Å². The third kappa shape index (κ3) is 3.77. The van der Waals surface area contributed by atoms with Crippen LogP contribution < -0.4 is 5.32 Å². The highest BCUT2D eigenvalue weighted by Crippen LogP contribution is 2.24. The Morgan fingerprint density at radius 2 is 2.31 bits per heavy atom. The molecule has 0 amide bonds. The second kappa shape index (κ2) is 7.53. The Hall–Kier alpha value is -2.29. The predicted molar refractivity (Wildman–Crippen MR) is 102 cm³/mol. The normalized spacial score (nSPS) is 18.2. The van der Waals surface area contributed by atoms with E-state index < -0.39 is 0 Å².